The van der Waals surface area contributed by atoms with Crippen LogP contribution < -0.4 is 10.1 Å². The van der Waals surface area contributed by atoms with E-state index >= 15 is 0 Å². The van der Waals surface area contributed by atoms with Gasteiger partial charge in [0.15, 0.2) is 0 Å². The lowest BCUT2D eigenvalue weighted by molar-refractivity contribution is 0.0265. The second-order valence-electron chi connectivity index (χ2n) is 6.43. The van der Waals surface area contributed by atoms with Crippen LogP contribution in [0.25, 0.3) is 0 Å². The molecule has 0 fully saturated rings. The fourth-order valence-electron chi connectivity index (χ4n) is 2.13. The molecular formula is C17H29NO2. The molecule has 1 rings (SSSR count). The first-order valence-corrected chi connectivity index (χ1v) is 7.30. The molecule has 3 heteroatoms. The van der Waals surface area contributed by atoms with Crippen LogP contribution in [0.4, 0.5) is 0 Å². The third-order valence-corrected chi connectivity index (χ3v) is 3.49. The summed E-state index contributed by atoms with van der Waals surface area (Å²) in [4.78, 5) is 0. The van der Waals surface area contributed by atoms with Gasteiger partial charge in [-0.15, -0.1) is 0 Å². The van der Waals surface area contributed by atoms with Gasteiger partial charge in [0.05, 0.1) is 19.3 Å². The molecule has 0 bridgehead atoms. The van der Waals surface area contributed by atoms with E-state index in [2.05, 4.69) is 45.1 Å². The Labute approximate surface area is 123 Å². The van der Waals surface area contributed by atoms with Gasteiger partial charge in [-0.2, -0.15) is 0 Å². The van der Waals surface area contributed by atoms with Gasteiger partial charge in [0.2, 0.25) is 0 Å². The van der Waals surface area contributed by atoms with Gasteiger partial charge >= 0.3 is 0 Å². The Morgan fingerprint density at radius 2 is 1.75 bits per heavy atom. The van der Waals surface area contributed by atoms with Gasteiger partial charge in [0.25, 0.3) is 0 Å². The first kappa shape index (κ1) is 17.0. The van der Waals surface area contributed by atoms with Crippen molar-refractivity contribution in [1.82, 2.24) is 5.32 Å². The number of nitrogens with one attached hydrogen (secondary N) is 1. The van der Waals surface area contributed by atoms with Crippen LogP contribution in [-0.4, -0.2) is 26.9 Å². The van der Waals surface area contributed by atoms with Crippen molar-refractivity contribution in [2.75, 3.05) is 20.8 Å². The topological polar surface area (TPSA) is 30.5 Å². The monoisotopic (exact) mass is 279 g/mol. The van der Waals surface area contributed by atoms with Crippen LogP contribution in [0.15, 0.2) is 24.3 Å². The van der Waals surface area contributed by atoms with Gasteiger partial charge in [-0.25, -0.2) is 0 Å². The van der Waals surface area contributed by atoms with Crippen LogP contribution in [0, 0.1) is 5.41 Å². The lowest BCUT2D eigenvalue weighted by Crippen LogP contribution is -2.30. The average Bonchev–Trinajstić information content (AvgIpc) is 2.39. The lowest BCUT2D eigenvalue weighted by Gasteiger charge is -2.26. The third-order valence-electron chi connectivity index (χ3n) is 3.49. The van der Waals surface area contributed by atoms with Crippen molar-refractivity contribution in [2.24, 2.45) is 5.41 Å². The molecule has 20 heavy (non-hydrogen) atoms. The van der Waals surface area contributed by atoms with E-state index in [4.69, 9.17) is 9.47 Å². The number of benzene rings is 1. The van der Waals surface area contributed by atoms with Gasteiger partial charge in [-0.05, 0) is 43.5 Å². The predicted octanol–water partition coefficient (Wildman–Crippen LogP) is 3.80. The standard InChI is InChI=1S/C17H29NO2/c1-13(20-12-11-17(2,3)4)16(18-5)14-7-9-15(19-6)10-8-14/h7-10,13,16,18H,11-12H2,1-6H3. The molecule has 3 nitrogen and oxygen atoms in total. The molecule has 0 aliphatic heterocycles. The van der Waals surface area contributed by atoms with Gasteiger partial charge in [-0.1, -0.05) is 32.9 Å². The molecule has 0 aliphatic rings. The highest BCUT2D eigenvalue weighted by Crippen LogP contribution is 2.23. The molecule has 1 aromatic carbocycles. The Morgan fingerprint density at radius 1 is 1.15 bits per heavy atom. The van der Waals surface area contributed by atoms with E-state index in [-0.39, 0.29) is 12.1 Å². The number of hydrogen-bond donors (Lipinski definition) is 1. The molecule has 2 unspecified atom stereocenters. The maximum absolute atomic E-state index is 5.99. The van der Waals surface area contributed by atoms with Crippen LogP contribution in [0.1, 0.15) is 45.7 Å². The Balaban J connectivity index is 2.59. The van der Waals surface area contributed by atoms with Crippen LogP contribution in [0.5, 0.6) is 5.75 Å². The van der Waals surface area contributed by atoms with Crippen molar-refractivity contribution in [2.45, 2.75) is 46.3 Å². The van der Waals surface area contributed by atoms with Crippen LogP contribution in [-0.2, 0) is 4.74 Å². The minimum atomic E-state index is 0.135. The summed E-state index contributed by atoms with van der Waals surface area (Å²) in [7, 11) is 3.65. The Morgan fingerprint density at radius 3 is 2.20 bits per heavy atom. The van der Waals surface area contributed by atoms with E-state index in [0.717, 1.165) is 18.8 Å². The Hall–Kier alpha value is -1.06. The number of hydrogen-bond acceptors (Lipinski definition) is 3. The first-order chi connectivity index (χ1) is 9.37. The summed E-state index contributed by atoms with van der Waals surface area (Å²) in [6, 6.07) is 8.34. The Kier molecular flexibility index (Phi) is 6.50. The molecule has 0 spiro atoms. The predicted molar refractivity (Wildman–Crippen MR) is 84.3 cm³/mol. The molecule has 0 aromatic heterocycles. The normalized spacial score (nSPS) is 14.9. The molecule has 114 valence electrons. The largest absolute Gasteiger partial charge is 0.497 e. The van der Waals surface area contributed by atoms with E-state index in [1.165, 1.54) is 5.56 Å². The molecule has 1 N–H and O–H groups in total. The SMILES string of the molecule is CNC(c1ccc(OC)cc1)C(C)OCCC(C)(C)C. The summed E-state index contributed by atoms with van der Waals surface area (Å²) >= 11 is 0. The van der Waals surface area contributed by atoms with Crippen molar-refractivity contribution in [3.8, 4) is 5.75 Å². The highest BCUT2D eigenvalue weighted by molar-refractivity contribution is 5.29. The minimum absolute atomic E-state index is 0.135. The maximum atomic E-state index is 5.99. The van der Waals surface area contributed by atoms with Crippen molar-refractivity contribution < 1.29 is 9.47 Å². The highest BCUT2D eigenvalue weighted by Gasteiger charge is 2.19. The van der Waals surface area contributed by atoms with Gasteiger partial charge in [0, 0.05) is 6.61 Å². The zero-order chi connectivity index (χ0) is 15.2. The minimum Gasteiger partial charge on any atom is -0.497 e. The summed E-state index contributed by atoms with van der Waals surface area (Å²) < 4.78 is 11.2. The summed E-state index contributed by atoms with van der Waals surface area (Å²) in [5.74, 6) is 0.880. The van der Waals surface area contributed by atoms with Gasteiger partial charge < -0.3 is 14.8 Å². The number of ether oxygens (including phenoxy) is 2. The summed E-state index contributed by atoms with van der Waals surface area (Å²) in [6.07, 6.45) is 1.20. The Bertz CT molecular complexity index is 381. The first-order valence-electron chi connectivity index (χ1n) is 7.30. The molecule has 0 radical (unpaired) electrons. The summed E-state index contributed by atoms with van der Waals surface area (Å²) in [5.41, 5.74) is 1.53. The van der Waals surface area contributed by atoms with E-state index < -0.39 is 0 Å². The van der Waals surface area contributed by atoms with E-state index in [9.17, 15) is 0 Å². The fraction of sp³-hybridized carbons (Fsp3) is 0.647. The lowest BCUT2D eigenvalue weighted by atomic mass is 9.93. The molecule has 1 aromatic rings. The van der Waals surface area contributed by atoms with E-state index in [1.54, 1.807) is 7.11 Å². The molecule has 0 aliphatic carbocycles. The van der Waals surface area contributed by atoms with Crippen molar-refractivity contribution in [1.29, 1.82) is 0 Å². The van der Waals surface area contributed by atoms with Crippen molar-refractivity contribution >= 4 is 0 Å². The summed E-state index contributed by atoms with van der Waals surface area (Å²) in [5, 5.41) is 3.34. The van der Waals surface area contributed by atoms with Crippen molar-refractivity contribution in [3.05, 3.63) is 29.8 Å². The number of methoxy groups -OCH3 is 1. The molecular weight excluding hydrogens is 250 g/mol. The van der Waals surface area contributed by atoms with Crippen molar-refractivity contribution in [3.63, 3.8) is 0 Å². The highest BCUT2D eigenvalue weighted by atomic mass is 16.5. The van der Waals surface area contributed by atoms with Crippen LogP contribution in [0.2, 0.25) is 0 Å². The zero-order valence-corrected chi connectivity index (χ0v) is 13.7. The molecule has 0 amide bonds. The second-order valence-corrected chi connectivity index (χ2v) is 6.43. The number of likely N-dealkylation sites (N-methyl/N-ethyl adjacent to an activating group) is 1. The van der Waals surface area contributed by atoms with Gasteiger partial charge in [-0.3, -0.25) is 0 Å². The smallest absolute Gasteiger partial charge is 0.118 e. The summed E-state index contributed by atoms with van der Waals surface area (Å²) in [6.45, 7) is 9.62. The molecule has 2 atom stereocenters. The van der Waals surface area contributed by atoms with Crippen LogP contribution in [0.3, 0.4) is 0 Å². The van der Waals surface area contributed by atoms with Gasteiger partial charge in [0.1, 0.15) is 5.75 Å². The fourth-order valence-corrected chi connectivity index (χ4v) is 2.13. The number of rotatable bonds is 7. The van der Waals surface area contributed by atoms with E-state index in [1.807, 2.05) is 19.2 Å². The van der Waals surface area contributed by atoms with Crippen LogP contribution >= 0.6 is 0 Å². The second kappa shape index (κ2) is 7.65. The zero-order valence-electron chi connectivity index (χ0n) is 13.7. The quantitative estimate of drug-likeness (QED) is 0.823. The maximum Gasteiger partial charge on any atom is 0.118 e. The third kappa shape index (κ3) is 5.51. The molecule has 0 heterocycles. The molecule has 0 saturated carbocycles. The van der Waals surface area contributed by atoms with E-state index in [0.29, 0.717) is 5.41 Å². The average molecular weight is 279 g/mol. The molecule has 0 saturated heterocycles.